The summed E-state index contributed by atoms with van der Waals surface area (Å²) in [5.74, 6) is -0.534. The lowest BCUT2D eigenvalue weighted by molar-refractivity contribution is 0.100. The van der Waals surface area contributed by atoms with Crippen molar-refractivity contribution in [2.24, 2.45) is 5.73 Å². The Balaban J connectivity index is 2.72. The number of aromatic nitrogens is 2. The van der Waals surface area contributed by atoms with Crippen molar-refractivity contribution < 1.29 is 4.79 Å². The highest BCUT2D eigenvalue weighted by molar-refractivity contribution is 6.34. The standard InChI is InChI=1S/C10H10ClN3O/c1-2-14-5-13-8-3-6(10(12)15)7(11)4-9(8)14/h3-5H,2H2,1H3,(H2,12,15). The number of rotatable bonds is 2. The van der Waals surface area contributed by atoms with Crippen LogP contribution in [-0.4, -0.2) is 15.5 Å². The molecule has 0 radical (unpaired) electrons. The first-order valence-corrected chi connectivity index (χ1v) is 4.95. The first-order chi connectivity index (χ1) is 7.13. The Morgan fingerprint density at radius 2 is 2.33 bits per heavy atom. The number of nitrogens with two attached hydrogens (primary N) is 1. The summed E-state index contributed by atoms with van der Waals surface area (Å²) < 4.78 is 1.95. The second kappa shape index (κ2) is 3.55. The van der Waals surface area contributed by atoms with Crippen molar-refractivity contribution in [3.63, 3.8) is 0 Å². The van der Waals surface area contributed by atoms with Gasteiger partial charge in [0.25, 0.3) is 0 Å². The molecular weight excluding hydrogens is 214 g/mol. The molecule has 15 heavy (non-hydrogen) atoms. The lowest BCUT2D eigenvalue weighted by Crippen LogP contribution is -2.11. The molecule has 0 saturated carbocycles. The van der Waals surface area contributed by atoms with Crippen LogP contribution in [-0.2, 0) is 6.54 Å². The average Bonchev–Trinajstić information content (AvgIpc) is 2.58. The molecule has 4 nitrogen and oxygen atoms in total. The van der Waals surface area contributed by atoms with Gasteiger partial charge in [-0.15, -0.1) is 0 Å². The molecule has 0 bridgehead atoms. The summed E-state index contributed by atoms with van der Waals surface area (Å²) in [7, 11) is 0. The fraction of sp³-hybridized carbons (Fsp3) is 0.200. The van der Waals surface area contributed by atoms with Crippen LogP contribution < -0.4 is 5.73 Å². The van der Waals surface area contributed by atoms with Crippen LogP contribution in [0.15, 0.2) is 18.5 Å². The predicted octanol–water partition coefficient (Wildman–Crippen LogP) is 1.81. The van der Waals surface area contributed by atoms with E-state index in [-0.39, 0.29) is 0 Å². The van der Waals surface area contributed by atoms with Gasteiger partial charge in [-0.05, 0) is 19.1 Å². The fourth-order valence-corrected chi connectivity index (χ4v) is 1.77. The van der Waals surface area contributed by atoms with Gasteiger partial charge >= 0.3 is 0 Å². The van der Waals surface area contributed by atoms with Crippen LogP contribution >= 0.6 is 11.6 Å². The molecule has 0 aliphatic rings. The van der Waals surface area contributed by atoms with E-state index >= 15 is 0 Å². The van der Waals surface area contributed by atoms with Crippen LogP contribution in [0.2, 0.25) is 5.02 Å². The van der Waals surface area contributed by atoms with Gasteiger partial charge in [-0.2, -0.15) is 0 Å². The second-order valence-electron chi connectivity index (χ2n) is 3.22. The normalized spacial score (nSPS) is 10.8. The number of primary amides is 1. The van der Waals surface area contributed by atoms with Crippen molar-refractivity contribution in [1.82, 2.24) is 9.55 Å². The largest absolute Gasteiger partial charge is 0.366 e. The summed E-state index contributed by atoms with van der Waals surface area (Å²) in [6, 6.07) is 3.33. The molecule has 0 fully saturated rings. The number of aryl methyl sites for hydroxylation is 1. The van der Waals surface area contributed by atoms with Gasteiger partial charge in [0.2, 0.25) is 5.91 Å². The first-order valence-electron chi connectivity index (χ1n) is 4.57. The zero-order valence-electron chi connectivity index (χ0n) is 8.20. The molecule has 0 atom stereocenters. The summed E-state index contributed by atoms with van der Waals surface area (Å²) in [4.78, 5) is 15.2. The lowest BCUT2D eigenvalue weighted by atomic mass is 10.2. The molecule has 0 saturated heterocycles. The number of nitrogens with zero attached hydrogens (tertiary/aromatic N) is 2. The highest BCUT2D eigenvalue weighted by Crippen LogP contribution is 2.23. The fourth-order valence-electron chi connectivity index (χ4n) is 1.52. The van der Waals surface area contributed by atoms with Crippen LogP contribution in [0, 0.1) is 0 Å². The van der Waals surface area contributed by atoms with E-state index < -0.39 is 5.91 Å². The minimum atomic E-state index is -0.534. The third-order valence-electron chi connectivity index (χ3n) is 2.32. The van der Waals surface area contributed by atoms with E-state index in [1.165, 1.54) is 0 Å². The topological polar surface area (TPSA) is 60.9 Å². The van der Waals surface area contributed by atoms with Gasteiger partial charge in [-0.25, -0.2) is 4.98 Å². The molecule has 2 rings (SSSR count). The van der Waals surface area contributed by atoms with Crippen LogP contribution in [0.4, 0.5) is 0 Å². The van der Waals surface area contributed by atoms with Crippen LogP contribution in [0.3, 0.4) is 0 Å². The van der Waals surface area contributed by atoms with Gasteiger partial charge in [0, 0.05) is 6.54 Å². The molecule has 1 amide bonds. The Bertz CT molecular complexity index is 533. The molecular formula is C10H10ClN3O. The molecule has 0 aliphatic heterocycles. The molecule has 1 aromatic carbocycles. The number of imidazole rings is 1. The smallest absolute Gasteiger partial charge is 0.250 e. The van der Waals surface area contributed by atoms with E-state index in [0.717, 1.165) is 17.6 Å². The molecule has 5 heteroatoms. The van der Waals surface area contributed by atoms with E-state index in [1.54, 1.807) is 18.5 Å². The number of carbonyl (C=O) groups is 1. The van der Waals surface area contributed by atoms with Crippen molar-refractivity contribution in [2.75, 3.05) is 0 Å². The van der Waals surface area contributed by atoms with E-state index in [0.29, 0.717) is 10.6 Å². The van der Waals surface area contributed by atoms with E-state index in [4.69, 9.17) is 17.3 Å². The van der Waals surface area contributed by atoms with E-state index in [2.05, 4.69) is 4.98 Å². The predicted molar refractivity (Wildman–Crippen MR) is 58.9 cm³/mol. The summed E-state index contributed by atoms with van der Waals surface area (Å²) in [6.45, 7) is 2.82. The molecule has 1 aromatic heterocycles. The monoisotopic (exact) mass is 223 g/mol. The number of hydrogen-bond acceptors (Lipinski definition) is 2. The minimum absolute atomic E-state index is 0.311. The van der Waals surface area contributed by atoms with E-state index in [1.807, 2.05) is 11.5 Å². The molecule has 2 aromatic rings. The quantitative estimate of drug-likeness (QED) is 0.844. The molecule has 2 N–H and O–H groups in total. The summed E-state index contributed by atoms with van der Waals surface area (Å²) in [6.07, 6.45) is 1.71. The van der Waals surface area contributed by atoms with Gasteiger partial charge in [0.1, 0.15) is 0 Å². The zero-order chi connectivity index (χ0) is 11.0. The number of benzene rings is 1. The number of halogens is 1. The summed E-state index contributed by atoms with van der Waals surface area (Å²) in [5.41, 5.74) is 7.14. The summed E-state index contributed by atoms with van der Waals surface area (Å²) in [5, 5.41) is 0.366. The third kappa shape index (κ3) is 1.57. The van der Waals surface area contributed by atoms with Crippen LogP contribution in [0.1, 0.15) is 17.3 Å². The first kappa shape index (κ1) is 9.98. The van der Waals surface area contributed by atoms with Crippen LogP contribution in [0.5, 0.6) is 0 Å². The maximum Gasteiger partial charge on any atom is 0.250 e. The van der Waals surface area contributed by atoms with Crippen molar-refractivity contribution in [3.05, 3.63) is 29.0 Å². The van der Waals surface area contributed by atoms with Crippen LogP contribution in [0.25, 0.3) is 11.0 Å². The second-order valence-corrected chi connectivity index (χ2v) is 3.62. The number of carbonyl (C=O) groups excluding carboxylic acids is 1. The van der Waals surface area contributed by atoms with Gasteiger partial charge in [-0.3, -0.25) is 4.79 Å². The molecule has 0 unspecified atom stereocenters. The molecule has 0 spiro atoms. The Kier molecular flexibility index (Phi) is 2.36. The van der Waals surface area contributed by atoms with Crippen molar-refractivity contribution in [1.29, 1.82) is 0 Å². The van der Waals surface area contributed by atoms with Gasteiger partial charge in [0.15, 0.2) is 0 Å². The highest BCUT2D eigenvalue weighted by atomic mass is 35.5. The maximum absolute atomic E-state index is 11.0. The third-order valence-corrected chi connectivity index (χ3v) is 2.63. The van der Waals surface area contributed by atoms with Gasteiger partial charge in [-0.1, -0.05) is 11.6 Å². The van der Waals surface area contributed by atoms with Crippen molar-refractivity contribution >= 4 is 28.5 Å². The molecule has 1 heterocycles. The molecule has 0 aliphatic carbocycles. The molecule has 78 valence electrons. The van der Waals surface area contributed by atoms with Crippen molar-refractivity contribution in [2.45, 2.75) is 13.5 Å². The summed E-state index contributed by atoms with van der Waals surface area (Å²) >= 11 is 5.94. The van der Waals surface area contributed by atoms with E-state index in [9.17, 15) is 4.79 Å². The maximum atomic E-state index is 11.0. The Morgan fingerprint density at radius 1 is 1.60 bits per heavy atom. The van der Waals surface area contributed by atoms with Crippen molar-refractivity contribution in [3.8, 4) is 0 Å². The highest BCUT2D eigenvalue weighted by Gasteiger charge is 2.10. The number of hydrogen-bond donors (Lipinski definition) is 1. The Hall–Kier alpha value is -1.55. The number of fused-ring (bicyclic) bond motifs is 1. The van der Waals surface area contributed by atoms with Gasteiger partial charge in [0.05, 0.1) is 27.9 Å². The zero-order valence-corrected chi connectivity index (χ0v) is 8.95. The Labute approximate surface area is 91.7 Å². The average molecular weight is 224 g/mol. The lowest BCUT2D eigenvalue weighted by Gasteiger charge is -2.02. The SMILES string of the molecule is CCn1cnc2cc(C(N)=O)c(Cl)cc21. The van der Waals surface area contributed by atoms with Gasteiger partial charge < -0.3 is 10.3 Å². The number of amides is 1. The minimum Gasteiger partial charge on any atom is -0.366 e. The Morgan fingerprint density at radius 3 is 2.93 bits per heavy atom.